The topological polar surface area (TPSA) is 32.3 Å². The van der Waals surface area contributed by atoms with Gasteiger partial charge in [-0.1, -0.05) is 0 Å². The van der Waals surface area contributed by atoms with Crippen molar-refractivity contribution >= 4 is 6.03 Å². The lowest BCUT2D eigenvalue weighted by Gasteiger charge is -2.14. The number of carbonyl (C=O) groups is 1. The summed E-state index contributed by atoms with van der Waals surface area (Å²) in [6.45, 7) is 3.39. The van der Waals surface area contributed by atoms with Gasteiger partial charge >= 0.3 is 6.03 Å². The highest BCUT2D eigenvalue weighted by Gasteiger charge is 2.03. The van der Waals surface area contributed by atoms with Crippen LogP contribution in [-0.4, -0.2) is 31.1 Å². The van der Waals surface area contributed by atoms with E-state index in [0.29, 0.717) is 6.54 Å². The SMILES string of the molecule is C#CCCCCNC(=O)N(C)CC. The number of rotatable bonds is 5. The maximum absolute atomic E-state index is 11.2. The lowest BCUT2D eigenvalue weighted by Crippen LogP contribution is -2.37. The Balaban J connectivity index is 3.33. The largest absolute Gasteiger partial charge is 0.338 e. The highest BCUT2D eigenvalue weighted by molar-refractivity contribution is 5.73. The van der Waals surface area contributed by atoms with Gasteiger partial charge in [0.25, 0.3) is 0 Å². The van der Waals surface area contributed by atoms with Crippen LogP contribution < -0.4 is 5.32 Å². The molecule has 3 heteroatoms. The van der Waals surface area contributed by atoms with E-state index < -0.39 is 0 Å². The van der Waals surface area contributed by atoms with Gasteiger partial charge in [-0.25, -0.2) is 4.79 Å². The molecule has 0 atom stereocenters. The smallest absolute Gasteiger partial charge is 0.317 e. The zero-order chi connectivity index (χ0) is 10.1. The molecule has 0 saturated heterocycles. The van der Waals surface area contributed by atoms with Crippen molar-refractivity contribution in [2.45, 2.75) is 26.2 Å². The highest BCUT2D eigenvalue weighted by Crippen LogP contribution is 1.92. The van der Waals surface area contributed by atoms with Crippen molar-refractivity contribution < 1.29 is 4.79 Å². The minimum Gasteiger partial charge on any atom is -0.338 e. The minimum atomic E-state index is -0.0109. The average Bonchev–Trinajstić information content (AvgIpc) is 2.16. The Hall–Kier alpha value is -1.17. The summed E-state index contributed by atoms with van der Waals surface area (Å²) in [5, 5.41) is 2.81. The molecule has 3 nitrogen and oxygen atoms in total. The average molecular weight is 182 g/mol. The number of terminal acetylenes is 1. The summed E-state index contributed by atoms with van der Waals surface area (Å²) in [6.07, 6.45) is 7.82. The molecule has 0 rings (SSSR count). The number of hydrogen-bond donors (Lipinski definition) is 1. The van der Waals surface area contributed by atoms with Crippen LogP contribution in [0.15, 0.2) is 0 Å². The molecule has 0 fully saturated rings. The molecule has 0 unspecified atom stereocenters. The van der Waals surface area contributed by atoms with Crippen LogP contribution in [0.5, 0.6) is 0 Å². The van der Waals surface area contributed by atoms with Crippen molar-refractivity contribution in [3.8, 4) is 12.3 Å². The molecule has 0 bridgehead atoms. The predicted octanol–water partition coefficient (Wildman–Crippen LogP) is 1.45. The Kier molecular flexibility index (Phi) is 6.80. The summed E-state index contributed by atoms with van der Waals surface area (Å²) >= 11 is 0. The summed E-state index contributed by atoms with van der Waals surface area (Å²) in [7, 11) is 1.77. The molecular weight excluding hydrogens is 164 g/mol. The number of nitrogens with zero attached hydrogens (tertiary/aromatic N) is 1. The van der Waals surface area contributed by atoms with E-state index in [1.165, 1.54) is 0 Å². The summed E-state index contributed by atoms with van der Waals surface area (Å²) in [4.78, 5) is 12.8. The third-order valence-electron chi connectivity index (χ3n) is 1.85. The Labute approximate surface area is 80.5 Å². The van der Waals surface area contributed by atoms with Crippen molar-refractivity contribution in [2.75, 3.05) is 20.1 Å². The van der Waals surface area contributed by atoms with Crippen LogP contribution in [-0.2, 0) is 0 Å². The zero-order valence-electron chi connectivity index (χ0n) is 8.47. The maximum Gasteiger partial charge on any atom is 0.317 e. The molecule has 0 saturated carbocycles. The van der Waals surface area contributed by atoms with Gasteiger partial charge in [-0.3, -0.25) is 0 Å². The second-order valence-electron chi connectivity index (χ2n) is 2.91. The van der Waals surface area contributed by atoms with Crippen molar-refractivity contribution in [1.82, 2.24) is 10.2 Å². The van der Waals surface area contributed by atoms with Crippen molar-refractivity contribution in [3.63, 3.8) is 0 Å². The molecular formula is C10H18N2O. The minimum absolute atomic E-state index is 0.0109. The number of urea groups is 1. The van der Waals surface area contributed by atoms with E-state index in [4.69, 9.17) is 6.42 Å². The molecule has 0 aliphatic carbocycles. The maximum atomic E-state index is 11.2. The Morgan fingerprint density at radius 1 is 1.54 bits per heavy atom. The molecule has 0 aromatic carbocycles. The lowest BCUT2D eigenvalue weighted by molar-refractivity contribution is 0.211. The van der Waals surface area contributed by atoms with E-state index in [1.54, 1.807) is 11.9 Å². The van der Waals surface area contributed by atoms with Gasteiger partial charge < -0.3 is 10.2 Å². The first kappa shape index (κ1) is 11.8. The first-order valence-corrected chi connectivity index (χ1v) is 4.64. The van der Waals surface area contributed by atoms with Crippen LogP contribution in [0.4, 0.5) is 4.79 Å². The zero-order valence-corrected chi connectivity index (χ0v) is 8.47. The number of carbonyl (C=O) groups excluding carboxylic acids is 1. The number of unbranched alkanes of at least 4 members (excludes halogenated alkanes) is 2. The number of hydrogen-bond acceptors (Lipinski definition) is 1. The first-order valence-electron chi connectivity index (χ1n) is 4.64. The van der Waals surface area contributed by atoms with Gasteiger partial charge in [0.2, 0.25) is 0 Å². The van der Waals surface area contributed by atoms with Crippen LogP contribution in [0, 0.1) is 12.3 Å². The summed E-state index contributed by atoms with van der Waals surface area (Å²) < 4.78 is 0. The molecule has 74 valence electrons. The van der Waals surface area contributed by atoms with Gasteiger partial charge in [-0.2, -0.15) is 0 Å². The van der Waals surface area contributed by atoms with Crippen LogP contribution in [0.25, 0.3) is 0 Å². The molecule has 0 aromatic heterocycles. The van der Waals surface area contributed by atoms with Gasteiger partial charge in [0.1, 0.15) is 0 Å². The lowest BCUT2D eigenvalue weighted by atomic mass is 10.2. The Morgan fingerprint density at radius 2 is 2.23 bits per heavy atom. The third kappa shape index (κ3) is 6.03. The van der Waals surface area contributed by atoms with Gasteiger partial charge in [0.05, 0.1) is 0 Å². The van der Waals surface area contributed by atoms with E-state index in [-0.39, 0.29) is 6.03 Å². The molecule has 2 amide bonds. The van der Waals surface area contributed by atoms with Crippen LogP contribution in [0.3, 0.4) is 0 Å². The fourth-order valence-corrected chi connectivity index (χ4v) is 0.826. The highest BCUT2D eigenvalue weighted by atomic mass is 16.2. The van der Waals surface area contributed by atoms with Gasteiger partial charge in [0, 0.05) is 26.6 Å². The normalized spacial score (nSPS) is 9.00. The van der Waals surface area contributed by atoms with Gasteiger partial charge in [-0.05, 0) is 19.8 Å². The molecule has 0 spiro atoms. The Bertz CT molecular complexity index is 184. The summed E-state index contributed by atoms with van der Waals surface area (Å²) in [6, 6.07) is -0.0109. The van der Waals surface area contributed by atoms with Crippen LogP contribution in [0.1, 0.15) is 26.2 Å². The standard InChI is InChI=1S/C10H18N2O/c1-4-6-7-8-9-11-10(13)12(3)5-2/h1H,5-9H2,2-3H3,(H,11,13). The predicted molar refractivity (Wildman–Crippen MR) is 54.4 cm³/mol. The van der Waals surface area contributed by atoms with Crippen LogP contribution in [0.2, 0.25) is 0 Å². The molecule has 13 heavy (non-hydrogen) atoms. The van der Waals surface area contributed by atoms with Crippen LogP contribution >= 0.6 is 0 Å². The van der Waals surface area contributed by atoms with Gasteiger partial charge in [-0.15, -0.1) is 12.3 Å². The number of amides is 2. The van der Waals surface area contributed by atoms with E-state index in [2.05, 4.69) is 11.2 Å². The second-order valence-corrected chi connectivity index (χ2v) is 2.91. The molecule has 1 N–H and O–H groups in total. The third-order valence-corrected chi connectivity index (χ3v) is 1.85. The first-order chi connectivity index (χ1) is 6.22. The number of nitrogens with one attached hydrogen (secondary N) is 1. The monoisotopic (exact) mass is 182 g/mol. The molecule has 0 radical (unpaired) electrons. The summed E-state index contributed by atoms with van der Waals surface area (Å²) in [5.74, 6) is 2.57. The molecule has 0 aliphatic rings. The molecule has 0 heterocycles. The second kappa shape index (κ2) is 7.48. The quantitative estimate of drug-likeness (QED) is 0.506. The van der Waals surface area contributed by atoms with Gasteiger partial charge in [0.15, 0.2) is 0 Å². The fraction of sp³-hybridized carbons (Fsp3) is 0.700. The molecule has 0 aromatic rings. The van der Waals surface area contributed by atoms with E-state index in [1.807, 2.05) is 6.92 Å². The fourth-order valence-electron chi connectivity index (χ4n) is 0.826. The van der Waals surface area contributed by atoms with E-state index >= 15 is 0 Å². The van der Waals surface area contributed by atoms with Crippen molar-refractivity contribution in [2.24, 2.45) is 0 Å². The van der Waals surface area contributed by atoms with E-state index in [9.17, 15) is 4.79 Å². The molecule has 0 aliphatic heterocycles. The van der Waals surface area contributed by atoms with E-state index in [0.717, 1.165) is 25.8 Å². The van der Waals surface area contributed by atoms with Crippen molar-refractivity contribution in [3.05, 3.63) is 0 Å². The summed E-state index contributed by atoms with van der Waals surface area (Å²) in [5.41, 5.74) is 0. The Morgan fingerprint density at radius 3 is 2.77 bits per heavy atom. The van der Waals surface area contributed by atoms with Crippen molar-refractivity contribution in [1.29, 1.82) is 0 Å².